The third kappa shape index (κ3) is 4.66. The number of aryl methyl sites for hydroxylation is 2. The van der Waals surface area contributed by atoms with Crippen molar-refractivity contribution in [3.63, 3.8) is 0 Å². The van der Waals surface area contributed by atoms with E-state index in [1.807, 2.05) is 0 Å². The SMILES string of the molecule is Cc1cc(OCC(=O)O)ccc1NC(=O)c1cc(S(=O)(=O)N(C)C)c(C)o1. The van der Waals surface area contributed by atoms with E-state index in [1.54, 1.807) is 19.1 Å². The predicted molar refractivity (Wildman–Crippen MR) is 96.6 cm³/mol. The van der Waals surface area contributed by atoms with E-state index in [-0.39, 0.29) is 16.4 Å². The van der Waals surface area contributed by atoms with E-state index in [1.165, 1.54) is 33.2 Å². The fourth-order valence-corrected chi connectivity index (χ4v) is 3.28. The Morgan fingerprint density at radius 2 is 1.89 bits per heavy atom. The number of furan rings is 1. The summed E-state index contributed by atoms with van der Waals surface area (Å²) in [7, 11) is -0.950. The van der Waals surface area contributed by atoms with E-state index in [0.717, 1.165) is 4.31 Å². The van der Waals surface area contributed by atoms with Crippen LogP contribution in [0.3, 0.4) is 0 Å². The third-order valence-corrected chi connectivity index (χ3v) is 5.59. The number of carboxylic acid groups (broad SMARTS) is 1. The van der Waals surface area contributed by atoms with Gasteiger partial charge >= 0.3 is 5.97 Å². The van der Waals surface area contributed by atoms with Gasteiger partial charge in [0.2, 0.25) is 10.0 Å². The maximum Gasteiger partial charge on any atom is 0.341 e. The van der Waals surface area contributed by atoms with Crippen molar-refractivity contribution >= 4 is 27.6 Å². The molecule has 0 aliphatic rings. The minimum Gasteiger partial charge on any atom is -0.482 e. The molecule has 0 saturated carbocycles. The minimum atomic E-state index is -3.73. The van der Waals surface area contributed by atoms with Crippen LogP contribution in [0, 0.1) is 13.8 Å². The number of amides is 1. The number of nitrogens with zero attached hydrogens (tertiary/aromatic N) is 1. The van der Waals surface area contributed by atoms with Crippen molar-refractivity contribution in [1.29, 1.82) is 0 Å². The van der Waals surface area contributed by atoms with Crippen molar-refractivity contribution in [3.8, 4) is 5.75 Å². The van der Waals surface area contributed by atoms with Gasteiger partial charge in [0.25, 0.3) is 5.91 Å². The predicted octanol–water partition coefficient (Wildman–Crippen LogP) is 1.86. The van der Waals surface area contributed by atoms with Crippen molar-refractivity contribution in [1.82, 2.24) is 4.31 Å². The average molecular weight is 396 g/mol. The number of rotatable bonds is 7. The molecule has 0 saturated heterocycles. The van der Waals surface area contributed by atoms with Crippen LogP contribution in [-0.4, -0.2) is 50.4 Å². The molecule has 1 aromatic heterocycles. The summed E-state index contributed by atoms with van der Waals surface area (Å²) in [5, 5.41) is 11.2. The Morgan fingerprint density at radius 1 is 1.22 bits per heavy atom. The second-order valence-corrected chi connectivity index (χ2v) is 8.05. The molecule has 0 bridgehead atoms. The number of carboxylic acids is 1. The van der Waals surface area contributed by atoms with Gasteiger partial charge in [0, 0.05) is 25.8 Å². The van der Waals surface area contributed by atoms with Crippen LogP contribution < -0.4 is 10.1 Å². The summed E-state index contributed by atoms with van der Waals surface area (Å²) >= 11 is 0. The molecule has 2 aromatic rings. The molecule has 27 heavy (non-hydrogen) atoms. The highest BCUT2D eigenvalue weighted by Gasteiger charge is 2.26. The average Bonchev–Trinajstić information content (AvgIpc) is 2.97. The number of sulfonamides is 1. The Morgan fingerprint density at radius 3 is 2.44 bits per heavy atom. The fraction of sp³-hybridized carbons (Fsp3) is 0.294. The van der Waals surface area contributed by atoms with E-state index in [9.17, 15) is 18.0 Å². The molecule has 1 heterocycles. The highest BCUT2D eigenvalue weighted by Crippen LogP contribution is 2.25. The van der Waals surface area contributed by atoms with Crippen LogP contribution in [0.1, 0.15) is 21.9 Å². The summed E-state index contributed by atoms with van der Waals surface area (Å²) in [5.74, 6) is -1.38. The summed E-state index contributed by atoms with van der Waals surface area (Å²) in [4.78, 5) is 22.9. The van der Waals surface area contributed by atoms with Crippen LogP contribution in [0.4, 0.5) is 5.69 Å². The van der Waals surface area contributed by atoms with Gasteiger partial charge in [0.1, 0.15) is 16.4 Å². The minimum absolute atomic E-state index is 0.0770. The quantitative estimate of drug-likeness (QED) is 0.731. The van der Waals surface area contributed by atoms with E-state index in [0.29, 0.717) is 17.0 Å². The number of carbonyl (C=O) groups is 2. The zero-order chi connectivity index (χ0) is 20.4. The fourth-order valence-electron chi connectivity index (χ4n) is 2.23. The molecule has 2 rings (SSSR count). The van der Waals surface area contributed by atoms with Gasteiger partial charge in [-0.1, -0.05) is 0 Å². The van der Waals surface area contributed by atoms with Crippen LogP contribution in [0.5, 0.6) is 5.75 Å². The van der Waals surface area contributed by atoms with Gasteiger partial charge in [0.15, 0.2) is 12.4 Å². The standard InChI is InChI=1S/C17H20N2O7S/c1-10-7-12(25-9-16(20)21)5-6-13(10)18-17(22)14-8-15(11(2)26-14)27(23,24)19(3)4/h5-8H,9H2,1-4H3,(H,18,22)(H,20,21). The molecule has 0 unspecified atom stereocenters. The summed E-state index contributed by atoms with van der Waals surface area (Å²) in [6.45, 7) is 2.70. The molecule has 9 nitrogen and oxygen atoms in total. The van der Waals surface area contributed by atoms with Crippen molar-refractivity contribution < 1.29 is 32.3 Å². The van der Waals surface area contributed by atoms with E-state index in [4.69, 9.17) is 14.3 Å². The lowest BCUT2D eigenvalue weighted by Gasteiger charge is -2.10. The smallest absolute Gasteiger partial charge is 0.341 e. The monoisotopic (exact) mass is 396 g/mol. The molecule has 0 atom stereocenters. The molecule has 0 aliphatic heterocycles. The molecule has 0 spiro atoms. The van der Waals surface area contributed by atoms with Crippen molar-refractivity contribution in [2.45, 2.75) is 18.7 Å². The zero-order valence-corrected chi connectivity index (χ0v) is 16.1. The third-order valence-electron chi connectivity index (χ3n) is 3.66. The Balaban J connectivity index is 2.20. The zero-order valence-electron chi connectivity index (χ0n) is 15.3. The maximum absolute atomic E-state index is 12.4. The molecule has 146 valence electrons. The summed E-state index contributed by atoms with van der Waals surface area (Å²) in [6.07, 6.45) is 0. The Kier molecular flexibility index (Phi) is 5.91. The number of benzene rings is 1. The van der Waals surface area contributed by atoms with Gasteiger partial charge in [0.05, 0.1) is 0 Å². The van der Waals surface area contributed by atoms with Gasteiger partial charge in [-0.3, -0.25) is 4.79 Å². The lowest BCUT2D eigenvalue weighted by atomic mass is 10.2. The lowest BCUT2D eigenvalue weighted by Crippen LogP contribution is -2.22. The topological polar surface area (TPSA) is 126 Å². The van der Waals surface area contributed by atoms with Crippen LogP contribution in [0.15, 0.2) is 33.6 Å². The number of ether oxygens (including phenoxy) is 1. The molecule has 1 amide bonds. The molecule has 0 fully saturated rings. The Hall–Kier alpha value is -2.85. The van der Waals surface area contributed by atoms with Crippen molar-refractivity contribution in [2.75, 3.05) is 26.0 Å². The van der Waals surface area contributed by atoms with Gasteiger partial charge in [-0.15, -0.1) is 0 Å². The second kappa shape index (κ2) is 7.80. The molecular weight excluding hydrogens is 376 g/mol. The normalized spacial score (nSPS) is 11.4. The number of aliphatic carboxylic acids is 1. The first-order valence-corrected chi connectivity index (χ1v) is 9.26. The van der Waals surface area contributed by atoms with Gasteiger partial charge in [-0.2, -0.15) is 0 Å². The summed E-state index contributed by atoms with van der Waals surface area (Å²) < 4.78 is 35.9. The first kappa shape index (κ1) is 20.5. The first-order valence-electron chi connectivity index (χ1n) is 7.82. The molecular formula is C17H20N2O7S. The van der Waals surface area contributed by atoms with Crippen molar-refractivity contribution in [3.05, 3.63) is 41.3 Å². The van der Waals surface area contributed by atoms with E-state index >= 15 is 0 Å². The van der Waals surface area contributed by atoms with E-state index < -0.39 is 28.5 Å². The number of hydrogen-bond donors (Lipinski definition) is 2. The van der Waals surface area contributed by atoms with E-state index in [2.05, 4.69) is 5.32 Å². The molecule has 0 aliphatic carbocycles. The van der Waals surface area contributed by atoms with Crippen molar-refractivity contribution in [2.24, 2.45) is 0 Å². The highest BCUT2D eigenvalue weighted by molar-refractivity contribution is 7.89. The van der Waals surface area contributed by atoms with Crippen LogP contribution in [0.25, 0.3) is 0 Å². The first-order chi connectivity index (χ1) is 12.5. The summed E-state index contributed by atoms with van der Waals surface area (Å²) in [6, 6.07) is 5.83. The van der Waals surface area contributed by atoms with Crippen LogP contribution in [0.2, 0.25) is 0 Å². The van der Waals surface area contributed by atoms with Crippen LogP contribution >= 0.6 is 0 Å². The number of hydrogen-bond acceptors (Lipinski definition) is 6. The van der Waals surface area contributed by atoms with Gasteiger partial charge in [-0.25, -0.2) is 17.5 Å². The number of carbonyl (C=O) groups excluding carboxylic acids is 1. The molecule has 0 radical (unpaired) electrons. The van der Waals surface area contributed by atoms with Gasteiger partial charge < -0.3 is 19.6 Å². The maximum atomic E-state index is 12.4. The second-order valence-electron chi connectivity index (χ2n) is 5.93. The lowest BCUT2D eigenvalue weighted by molar-refractivity contribution is -0.139. The number of nitrogens with one attached hydrogen (secondary N) is 1. The van der Waals surface area contributed by atoms with Crippen LogP contribution in [-0.2, 0) is 14.8 Å². The molecule has 2 N–H and O–H groups in total. The summed E-state index contributed by atoms with van der Waals surface area (Å²) in [5.41, 5.74) is 1.09. The largest absolute Gasteiger partial charge is 0.482 e. The Labute approximate surface area is 156 Å². The highest BCUT2D eigenvalue weighted by atomic mass is 32.2. The Bertz CT molecular complexity index is 977. The molecule has 1 aromatic carbocycles. The number of anilines is 1. The van der Waals surface area contributed by atoms with Gasteiger partial charge in [-0.05, 0) is 37.6 Å². The molecule has 10 heteroatoms.